The van der Waals surface area contributed by atoms with Crippen LogP contribution in [-0.2, 0) is 4.79 Å². The van der Waals surface area contributed by atoms with E-state index in [-0.39, 0.29) is 16.7 Å². The number of nitrogens with zero attached hydrogens (tertiary/aromatic N) is 1. The van der Waals surface area contributed by atoms with E-state index in [0.29, 0.717) is 19.5 Å². The highest BCUT2D eigenvalue weighted by Crippen LogP contribution is 2.12. The number of carbonyl (C=O) groups is 1. The molecule has 0 heterocycles. The summed E-state index contributed by atoms with van der Waals surface area (Å²) in [5.41, 5.74) is 0. The lowest BCUT2D eigenvalue weighted by Crippen LogP contribution is -2.57. The van der Waals surface area contributed by atoms with Crippen LogP contribution < -0.4 is 5.32 Å². The van der Waals surface area contributed by atoms with Gasteiger partial charge in [0.25, 0.3) is 0 Å². The summed E-state index contributed by atoms with van der Waals surface area (Å²) in [5.74, 6) is 0.0238. The van der Waals surface area contributed by atoms with Crippen LogP contribution in [0.25, 0.3) is 0 Å². The largest absolute Gasteiger partial charge is 0.631 e. The van der Waals surface area contributed by atoms with Gasteiger partial charge in [-0.1, -0.05) is 58.3 Å². The predicted octanol–water partition coefficient (Wildman–Crippen LogP) is 4.72. The Balaban J connectivity index is 3.62. The fourth-order valence-electron chi connectivity index (χ4n) is 2.79. The van der Waals surface area contributed by atoms with Crippen LogP contribution in [0, 0.1) is 5.21 Å². The van der Waals surface area contributed by atoms with E-state index in [2.05, 4.69) is 12.2 Å². The summed E-state index contributed by atoms with van der Waals surface area (Å²) in [7, 11) is 0. The normalized spacial score (nSPS) is 13.1. The van der Waals surface area contributed by atoms with E-state index in [0.717, 1.165) is 12.8 Å². The molecule has 1 atom stereocenters. The Morgan fingerprint density at radius 3 is 1.82 bits per heavy atom. The molecule has 0 rings (SSSR count). The van der Waals surface area contributed by atoms with Crippen LogP contribution in [0.5, 0.6) is 0 Å². The molecular weight excluding hydrogens is 276 g/mol. The van der Waals surface area contributed by atoms with Gasteiger partial charge in [-0.15, -0.1) is 0 Å². The summed E-state index contributed by atoms with van der Waals surface area (Å²) in [6.45, 7) is 8.79. The van der Waals surface area contributed by atoms with Crippen molar-refractivity contribution in [3.63, 3.8) is 0 Å². The Morgan fingerprint density at radius 1 is 0.909 bits per heavy atom. The average molecular weight is 315 g/mol. The quantitative estimate of drug-likeness (QED) is 0.218. The lowest BCUT2D eigenvalue weighted by Gasteiger charge is -2.46. The van der Waals surface area contributed by atoms with Gasteiger partial charge in [0, 0.05) is 13.3 Å². The highest BCUT2D eigenvalue weighted by atomic mass is 16.5. The maximum atomic E-state index is 12.3. The summed E-state index contributed by atoms with van der Waals surface area (Å²) in [4.78, 5) is 11.9. The number of hydrogen-bond acceptors (Lipinski definition) is 2. The van der Waals surface area contributed by atoms with Crippen molar-refractivity contribution in [1.82, 2.24) is 5.32 Å². The van der Waals surface area contributed by atoms with Crippen molar-refractivity contribution in [3.8, 4) is 0 Å². The molecule has 1 amide bonds. The minimum Gasteiger partial charge on any atom is -0.631 e. The van der Waals surface area contributed by atoms with Crippen LogP contribution in [0.4, 0.5) is 0 Å². The number of hydroxylamine groups is 3. The van der Waals surface area contributed by atoms with E-state index in [4.69, 9.17) is 0 Å². The summed E-state index contributed by atoms with van der Waals surface area (Å²) in [6.07, 6.45) is 11.5. The second kappa shape index (κ2) is 12.9. The number of nitrogens with one attached hydrogen (secondary N) is 1. The molecule has 0 aromatic carbocycles. The molecule has 0 spiro atoms. The number of unbranched alkanes of at least 4 members (excludes halogenated alkanes) is 8. The molecule has 0 saturated heterocycles. The minimum absolute atomic E-state index is 0.0238. The molecule has 0 fully saturated rings. The molecule has 0 aliphatic rings. The second-order valence-corrected chi connectivity index (χ2v) is 6.41. The zero-order valence-electron chi connectivity index (χ0n) is 15.3. The summed E-state index contributed by atoms with van der Waals surface area (Å²) < 4.78 is -0.344. The molecule has 22 heavy (non-hydrogen) atoms. The van der Waals surface area contributed by atoms with Gasteiger partial charge in [-0.3, -0.25) is 4.79 Å². The van der Waals surface area contributed by atoms with Gasteiger partial charge in [0.1, 0.15) is 0 Å². The maximum absolute atomic E-state index is 12.3. The van der Waals surface area contributed by atoms with Crippen molar-refractivity contribution < 1.29 is 9.44 Å². The SMILES string of the molecule is CCCCCCCCCCCC(=O)NC(C)[N+]([O-])(CC)CC. The van der Waals surface area contributed by atoms with Crippen molar-refractivity contribution >= 4 is 5.91 Å². The molecule has 0 aliphatic heterocycles. The van der Waals surface area contributed by atoms with E-state index in [1.54, 1.807) is 0 Å². The van der Waals surface area contributed by atoms with Crippen LogP contribution in [0.3, 0.4) is 0 Å². The van der Waals surface area contributed by atoms with Gasteiger partial charge in [-0.2, -0.15) is 0 Å². The molecule has 0 bridgehead atoms. The van der Waals surface area contributed by atoms with Crippen LogP contribution in [0.2, 0.25) is 0 Å². The van der Waals surface area contributed by atoms with Crippen molar-refractivity contribution in [2.75, 3.05) is 13.1 Å². The molecule has 0 aromatic heterocycles. The third-order valence-corrected chi connectivity index (χ3v) is 4.65. The average Bonchev–Trinajstić information content (AvgIpc) is 2.52. The number of amides is 1. The standard InChI is InChI=1S/C18H38N2O2/c1-5-8-9-10-11-12-13-14-15-16-18(21)19-17(4)20(22,6-2)7-3/h17H,5-16H2,1-4H3,(H,19,21). The van der Waals surface area contributed by atoms with Gasteiger partial charge in [0.15, 0.2) is 6.17 Å². The fraction of sp³-hybridized carbons (Fsp3) is 0.944. The third kappa shape index (κ3) is 9.42. The third-order valence-electron chi connectivity index (χ3n) is 4.65. The van der Waals surface area contributed by atoms with Gasteiger partial charge < -0.3 is 15.2 Å². The van der Waals surface area contributed by atoms with Crippen LogP contribution in [0.15, 0.2) is 0 Å². The van der Waals surface area contributed by atoms with E-state index < -0.39 is 0 Å². The summed E-state index contributed by atoms with van der Waals surface area (Å²) in [5, 5.41) is 15.2. The molecule has 4 heteroatoms. The van der Waals surface area contributed by atoms with Crippen LogP contribution >= 0.6 is 0 Å². The Labute approximate surface area is 137 Å². The highest BCUT2D eigenvalue weighted by molar-refractivity contribution is 5.75. The lowest BCUT2D eigenvalue weighted by molar-refractivity contribution is -0.902. The first-order chi connectivity index (χ1) is 10.5. The van der Waals surface area contributed by atoms with E-state index in [9.17, 15) is 10.0 Å². The van der Waals surface area contributed by atoms with E-state index in [1.807, 2.05) is 20.8 Å². The van der Waals surface area contributed by atoms with Gasteiger partial charge >= 0.3 is 0 Å². The van der Waals surface area contributed by atoms with Gasteiger partial charge in [0.05, 0.1) is 13.1 Å². The monoisotopic (exact) mass is 314 g/mol. The zero-order valence-corrected chi connectivity index (χ0v) is 15.3. The molecule has 0 radical (unpaired) electrons. The molecule has 1 N–H and O–H groups in total. The molecular formula is C18H38N2O2. The lowest BCUT2D eigenvalue weighted by atomic mass is 10.1. The van der Waals surface area contributed by atoms with Crippen molar-refractivity contribution in [1.29, 1.82) is 0 Å². The Kier molecular flexibility index (Phi) is 12.5. The predicted molar refractivity (Wildman–Crippen MR) is 94.2 cm³/mol. The Bertz CT molecular complexity index is 278. The molecule has 4 nitrogen and oxygen atoms in total. The first-order valence-electron chi connectivity index (χ1n) is 9.37. The van der Waals surface area contributed by atoms with Crippen molar-refractivity contribution in [2.24, 2.45) is 0 Å². The molecule has 0 aliphatic carbocycles. The Morgan fingerprint density at radius 2 is 1.36 bits per heavy atom. The first-order valence-corrected chi connectivity index (χ1v) is 9.37. The molecule has 132 valence electrons. The minimum atomic E-state index is -0.346. The first kappa shape index (κ1) is 21.4. The molecule has 0 saturated carbocycles. The van der Waals surface area contributed by atoms with Gasteiger partial charge in [-0.25, -0.2) is 0 Å². The number of rotatable bonds is 14. The molecule has 0 aromatic rings. The zero-order chi connectivity index (χ0) is 16.8. The fourth-order valence-corrected chi connectivity index (χ4v) is 2.79. The van der Waals surface area contributed by atoms with E-state index in [1.165, 1.54) is 44.9 Å². The van der Waals surface area contributed by atoms with Gasteiger partial charge in [0.2, 0.25) is 5.91 Å². The van der Waals surface area contributed by atoms with Crippen LogP contribution in [-0.4, -0.2) is 29.8 Å². The number of carbonyl (C=O) groups excluding carboxylic acids is 1. The summed E-state index contributed by atoms with van der Waals surface area (Å²) in [6, 6.07) is 0. The Hall–Kier alpha value is -0.610. The smallest absolute Gasteiger partial charge is 0.224 e. The topological polar surface area (TPSA) is 52.2 Å². The van der Waals surface area contributed by atoms with Gasteiger partial charge in [-0.05, 0) is 20.3 Å². The molecule has 1 unspecified atom stereocenters. The maximum Gasteiger partial charge on any atom is 0.224 e. The second-order valence-electron chi connectivity index (χ2n) is 6.41. The van der Waals surface area contributed by atoms with Crippen molar-refractivity contribution in [3.05, 3.63) is 5.21 Å². The highest BCUT2D eigenvalue weighted by Gasteiger charge is 2.22. The number of hydrogen-bond donors (Lipinski definition) is 1. The van der Waals surface area contributed by atoms with Crippen LogP contribution in [0.1, 0.15) is 91.9 Å². The summed E-state index contributed by atoms with van der Waals surface area (Å²) >= 11 is 0. The van der Waals surface area contributed by atoms with E-state index >= 15 is 0 Å². The van der Waals surface area contributed by atoms with Crippen molar-refractivity contribution in [2.45, 2.75) is 98.1 Å². The number of quaternary nitrogens is 1.